The van der Waals surface area contributed by atoms with Crippen LogP contribution in [0.1, 0.15) is 30.9 Å². The number of hydrogen-bond donors (Lipinski definition) is 0. The van der Waals surface area contributed by atoms with Gasteiger partial charge in [-0.15, -0.1) is 0 Å². The summed E-state index contributed by atoms with van der Waals surface area (Å²) >= 11 is 6.04. The van der Waals surface area contributed by atoms with E-state index in [1.165, 1.54) is 0 Å². The standard InChI is InChI=1S/C12H15ClO/c1-3-11(14)7-6-10-5-4-9(2)8-12(10)13/h4-5,8H,3,6-7H2,1-2H3. The Kier molecular flexibility index (Phi) is 4.15. The predicted molar refractivity (Wildman–Crippen MR) is 59.8 cm³/mol. The first-order valence-electron chi connectivity index (χ1n) is 4.90. The van der Waals surface area contributed by atoms with Crippen LogP contribution in [-0.2, 0) is 11.2 Å². The highest BCUT2D eigenvalue weighted by atomic mass is 35.5. The summed E-state index contributed by atoms with van der Waals surface area (Å²) in [6.45, 7) is 3.89. The van der Waals surface area contributed by atoms with Gasteiger partial charge in [0.2, 0.25) is 0 Å². The van der Waals surface area contributed by atoms with Crippen LogP contribution in [-0.4, -0.2) is 5.78 Å². The van der Waals surface area contributed by atoms with Gasteiger partial charge in [0.25, 0.3) is 0 Å². The molecular weight excluding hydrogens is 196 g/mol. The number of benzene rings is 1. The number of carbonyl (C=O) groups excluding carboxylic acids is 1. The molecule has 76 valence electrons. The van der Waals surface area contributed by atoms with Crippen LogP contribution in [0.3, 0.4) is 0 Å². The summed E-state index contributed by atoms with van der Waals surface area (Å²) in [6, 6.07) is 5.96. The molecule has 0 heterocycles. The fourth-order valence-corrected chi connectivity index (χ4v) is 1.64. The highest BCUT2D eigenvalue weighted by molar-refractivity contribution is 6.31. The maximum Gasteiger partial charge on any atom is 0.132 e. The molecule has 0 saturated heterocycles. The van der Waals surface area contributed by atoms with E-state index in [2.05, 4.69) is 0 Å². The van der Waals surface area contributed by atoms with E-state index in [1.807, 2.05) is 32.0 Å². The van der Waals surface area contributed by atoms with Crippen molar-refractivity contribution < 1.29 is 4.79 Å². The SMILES string of the molecule is CCC(=O)CCc1ccc(C)cc1Cl. The van der Waals surface area contributed by atoms with Crippen LogP contribution in [0.25, 0.3) is 0 Å². The Morgan fingerprint density at radius 1 is 1.43 bits per heavy atom. The Balaban J connectivity index is 2.63. The number of rotatable bonds is 4. The van der Waals surface area contributed by atoms with Crippen molar-refractivity contribution in [3.63, 3.8) is 0 Å². The minimum absolute atomic E-state index is 0.293. The highest BCUT2D eigenvalue weighted by Gasteiger charge is 2.03. The first kappa shape index (κ1) is 11.3. The molecule has 0 N–H and O–H groups in total. The van der Waals surface area contributed by atoms with E-state index in [-0.39, 0.29) is 0 Å². The smallest absolute Gasteiger partial charge is 0.132 e. The second-order valence-electron chi connectivity index (χ2n) is 3.49. The van der Waals surface area contributed by atoms with Crippen molar-refractivity contribution in [1.29, 1.82) is 0 Å². The van der Waals surface area contributed by atoms with E-state index in [9.17, 15) is 4.79 Å². The molecule has 0 aliphatic heterocycles. The lowest BCUT2D eigenvalue weighted by atomic mass is 10.1. The number of halogens is 1. The Morgan fingerprint density at radius 3 is 2.71 bits per heavy atom. The molecule has 2 heteroatoms. The molecule has 0 spiro atoms. The van der Waals surface area contributed by atoms with Crippen molar-refractivity contribution in [2.24, 2.45) is 0 Å². The fraction of sp³-hybridized carbons (Fsp3) is 0.417. The monoisotopic (exact) mass is 210 g/mol. The quantitative estimate of drug-likeness (QED) is 0.743. The third kappa shape index (κ3) is 3.15. The molecule has 0 fully saturated rings. The van der Waals surface area contributed by atoms with E-state index in [4.69, 9.17) is 11.6 Å². The zero-order valence-electron chi connectivity index (χ0n) is 8.64. The van der Waals surface area contributed by atoms with Gasteiger partial charge in [-0.2, -0.15) is 0 Å². The molecule has 0 atom stereocenters. The third-order valence-electron chi connectivity index (χ3n) is 2.28. The second-order valence-corrected chi connectivity index (χ2v) is 3.89. The lowest BCUT2D eigenvalue weighted by Gasteiger charge is -2.03. The maximum absolute atomic E-state index is 11.1. The van der Waals surface area contributed by atoms with E-state index in [0.717, 1.165) is 22.6 Å². The summed E-state index contributed by atoms with van der Waals surface area (Å²) in [4.78, 5) is 11.1. The van der Waals surface area contributed by atoms with E-state index in [0.29, 0.717) is 18.6 Å². The summed E-state index contributed by atoms with van der Waals surface area (Å²) in [7, 11) is 0. The van der Waals surface area contributed by atoms with Crippen molar-refractivity contribution in [3.05, 3.63) is 34.3 Å². The Morgan fingerprint density at radius 2 is 2.14 bits per heavy atom. The van der Waals surface area contributed by atoms with Crippen LogP contribution in [0.5, 0.6) is 0 Å². The van der Waals surface area contributed by atoms with Crippen molar-refractivity contribution in [1.82, 2.24) is 0 Å². The predicted octanol–water partition coefficient (Wildman–Crippen LogP) is 3.56. The number of carbonyl (C=O) groups is 1. The molecule has 0 aliphatic carbocycles. The van der Waals surface area contributed by atoms with Crippen LogP contribution in [0.4, 0.5) is 0 Å². The van der Waals surface area contributed by atoms with Gasteiger partial charge in [-0.05, 0) is 30.5 Å². The van der Waals surface area contributed by atoms with E-state index < -0.39 is 0 Å². The lowest BCUT2D eigenvalue weighted by molar-refractivity contribution is -0.118. The molecule has 0 radical (unpaired) electrons. The largest absolute Gasteiger partial charge is 0.300 e. The average Bonchev–Trinajstić information content (AvgIpc) is 2.16. The van der Waals surface area contributed by atoms with Crippen molar-refractivity contribution in [2.75, 3.05) is 0 Å². The lowest BCUT2D eigenvalue weighted by Crippen LogP contribution is -1.98. The van der Waals surface area contributed by atoms with Crippen LogP contribution in [0.2, 0.25) is 5.02 Å². The van der Waals surface area contributed by atoms with Crippen molar-refractivity contribution >= 4 is 17.4 Å². The summed E-state index contributed by atoms with van der Waals surface area (Å²) in [5.41, 5.74) is 2.22. The second kappa shape index (κ2) is 5.16. The zero-order valence-corrected chi connectivity index (χ0v) is 9.40. The van der Waals surface area contributed by atoms with E-state index >= 15 is 0 Å². The summed E-state index contributed by atoms with van der Waals surface area (Å²) in [5.74, 6) is 0.293. The molecular formula is C12H15ClO. The van der Waals surface area contributed by atoms with Gasteiger partial charge in [-0.3, -0.25) is 4.79 Å². The molecule has 1 nitrogen and oxygen atoms in total. The molecule has 1 rings (SSSR count). The molecule has 1 aromatic carbocycles. The van der Waals surface area contributed by atoms with Gasteiger partial charge < -0.3 is 0 Å². The molecule has 1 aromatic rings. The number of hydrogen-bond acceptors (Lipinski definition) is 1. The van der Waals surface area contributed by atoms with Gasteiger partial charge >= 0.3 is 0 Å². The topological polar surface area (TPSA) is 17.1 Å². The van der Waals surface area contributed by atoms with Gasteiger partial charge in [-0.1, -0.05) is 30.7 Å². The highest BCUT2D eigenvalue weighted by Crippen LogP contribution is 2.19. The fourth-order valence-electron chi connectivity index (χ4n) is 1.31. The molecule has 0 saturated carbocycles. The summed E-state index contributed by atoms with van der Waals surface area (Å²) in [6.07, 6.45) is 1.97. The van der Waals surface area contributed by atoms with E-state index in [1.54, 1.807) is 0 Å². The normalized spacial score (nSPS) is 10.2. The minimum Gasteiger partial charge on any atom is -0.300 e. The minimum atomic E-state index is 0.293. The van der Waals surface area contributed by atoms with Crippen LogP contribution in [0, 0.1) is 6.92 Å². The van der Waals surface area contributed by atoms with Crippen LogP contribution < -0.4 is 0 Å². The first-order valence-corrected chi connectivity index (χ1v) is 5.28. The van der Waals surface area contributed by atoms with Gasteiger partial charge in [0.15, 0.2) is 0 Å². The number of aryl methyl sites for hydroxylation is 2. The van der Waals surface area contributed by atoms with Crippen LogP contribution in [0.15, 0.2) is 18.2 Å². The van der Waals surface area contributed by atoms with Gasteiger partial charge in [0.05, 0.1) is 0 Å². The molecule has 0 amide bonds. The summed E-state index contributed by atoms with van der Waals surface area (Å²) in [5, 5.41) is 0.772. The van der Waals surface area contributed by atoms with Gasteiger partial charge in [0.1, 0.15) is 5.78 Å². The Hall–Kier alpha value is -0.820. The molecule has 0 aliphatic rings. The van der Waals surface area contributed by atoms with Crippen molar-refractivity contribution in [3.8, 4) is 0 Å². The zero-order chi connectivity index (χ0) is 10.6. The van der Waals surface area contributed by atoms with Gasteiger partial charge in [-0.25, -0.2) is 0 Å². The van der Waals surface area contributed by atoms with Crippen LogP contribution >= 0.6 is 11.6 Å². The first-order chi connectivity index (χ1) is 6.63. The Labute approximate surface area is 90.1 Å². The summed E-state index contributed by atoms with van der Waals surface area (Å²) < 4.78 is 0. The molecule has 0 bridgehead atoms. The maximum atomic E-state index is 11.1. The molecule has 0 aromatic heterocycles. The molecule has 14 heavy (non-hydrogen) atoms. The van der Waals surface area contributed by atoms with Gasteiger partial charge in [0, 0.05) is 17.9 Å². The molecule has 0 unspecified atom stereocenters. The third-order valence-corrected chi connectivity index (χ3v) is 2.63. The number of ketones is 1. The van der Waals surface area contributed by atoms with Crippen molar-refractivity contribution in [2.45, 2.75) is 33.1 Å². The Bertz CT molecular complexity index is 331. The average molecular weight is 211 g/mol. The number of Topliss-reactive ketones (excluding diaryl/α,β-unsaturated/α-hetero) is 1.